The van der Waals surface area contributed by atoms with E-state index in [1.165, 1.54) is 101 Å². The van der Waals surface area contributed by atoms with E-state index >= 15 is 0 Å². The van der Waals surface area contributed by atoms with Gasteiger partial charge in [0.25, 0.3) is 0 Å². The molecule has 0 amide bonds. The Hall–Kier alpha value is -3.78. The van der Waals surface area contributed by atoms with Crippen LogP contribution in [0.4, 0.5) is 0 Å². The molecule has 5 aromatic rings. The van der Waals surface area contributed by atoms with Gasteiger partial charge in [-0.2, -0.15) is 0 Å². The summed E-state index contributed by atoms with van der Waals surface area (Å²) in [5.74, 6) is 0.0672. The van der Waals surface area contributed by atoms with Crippen LogP contribution in [0, 0.1) is 76.2 Å². The third-order valence-electron chi connectivity index (χ3n) is 8.57. The van der Waals surface area contributed by atoms with Crippen molar-refractivity contribution < 1.29 is 0 Å². The monoisotopic (exact) mass is 528 g/mol. The molecule has 0 bridgehead atoms. The Bertz CT molecular complexity index is 1580. The average Bonchev–Trinajstić information content (AvgIpc) is 3.37. The molecule has 2 heteroatoms. The first-order valence-corrected chi connectivity index (χ1v) is 14.5. The number of benzene rings is 3. The van der Waals surface area contributed by atoms with Gasteiger partial charge in [0.1, 0.15) is 0 Å². The van der Waals surface area contributed by atoms with Crippen molar-refractivity contribution in [1.82, 2.24) is 9.97 Å². The second-order valence-electron chi connectivity index (χ2n) is 12.4. The Morgan fingerprint density at radius 2 is 0.675 bits per heavy atom. The van der Waals surface area contributed by atoms with E-state index in [1.54, 1.807) is 0 Å². The fourth-order valence-corrected chi connectivity index (χ4v) is 7.27. The van der Waals surface area contributed by atoms with Gasteiger partial charge in [-0.3, -0.25) is 0 Å². The predicted molar refractivity (Wildman–Crippen MR) is 172 cm³/mol. The van der Waals surface area contributed by atoms with E-state index in [0.29, 0.717) is 0 Å². The zero-order chi connectivity index (χ0) is 29.0. The molecule has 2 heterocycles. The van der Waals surface area contributed by atoms with Crippen LogP contribution in [-0.4, -0.2) is 9.97 Å². The first-order valence-electron chi connectivity index (χ1n) is 14.5. The van der Waals surface area contributed by atoms with Crippen molar-refractivity contribution in [3.8, 4) is 22.5 Å². The van der Waals surface area contributed by atoms with Gasteiger partial charge in [0.05, 0.1) is 5.92 Å². The van der Waals surface area contributed by atoms with Crippen LogP contribution in [-0.2, 0) is 0 Å². The van der Waals surface area contributed by atoms with Crippen molar-refractivity contribution in [2.24, 2.45) is 0 Å². The van der Waals surface area contributed by atoms with Crippen LogP contribution in [0.1, 0.15) is 84.1 Å². The summed E-state index contributed by atoms with van der Waals surface area (Å²) in [6, 6.07) is 18.6. The molecule has 2 N–H and O–H groups in total. The van der Waals surface area contributed by atoms with Gasteiger partial charge in [-0.25, -0.2) is 0 Å². The number of hydrogen-bond acceptors (Lipinski definition) is 0. The van der Waals surface area contributed by atoms with Gasteiger partial charge < -0.3 is 9.97 Å². The Kier molecular flexibility index (Phi) is 7.17. The highest BCUT2D eigenvalue weighted by Gasteiger charge is 2.27. The Labute approximate surface area is 240 Å². The molecule has 2 aromatic heterocycles. The lowest BCUT2D eigenvalue weighted by molar-refractivity contribution is 0.878. The van der Waals surface area contributed by atoms with Crippen LogP contribution < -0.4 is 0 Å². The van der Waals surface area contributed by atoms with Crippen LogP contribution in [0.25, 0.3) is 22.5 Å². The third-order valence-corrected chi connectivity index (χ3v) is 8.57. The van der Waals surface area contributed by atoms with E-state index < -0.39 is 0 Å². The molecule has 0 radical (unpaired) electrons. The molecule has 3 aromatic carbocycles. The summed E-state index contributed by atoms with van der Waals surface area (Å²) in [6.07, 6.45) is 0. The highest BCUT2D eigenvalue weighted by Crippen LogP contribution is 2.41. The van der Waals surface area contributed by atoms with Gasteiger partial charge in [-0.1, -0.05) is 53.1 Å². The average molecular weight is 529 g/mol. The minimum absolute atomic E-state index is 0.0672. The van der Waals surface area contributed by atoms with Crippen molar-refractivity contribution in [1.29, 1.82) is 0 Å². The summed E-state index contributed by atoms with van der Waals surface area (Å²) < 4.78 is 0. The third kappa shape index (κ3) is 4.85. The fraction of sp³-hybridized carbons (Fsp3) is 0.316. The molecule has 0 unspecified atom stereocenters. The van der Waals surface area contributed by atoms with E-state index in [2.05, 4.69) is 135 Å². The molecule has 0 saturated heterocycles. The van der Waals surface area contributed by atoms with Gasteiger partial charge in [0, 0.05) is 33.9 Å². The highest BCUT2D eigenvalue weighted by molar-refractivity contribution is 5.74. The molecule has 0 spiro atoms. The largest absolute Gasteiger partial charge is 0.357 e. The van der Waals surface area contributed by atoms with Crippen molar-refractivity contribution >= 4 is 0 Å². The summed E-state index contributed by atoms with van der Waals surface area (Å²) in [6.45, 7) is 24.5. The molecular weight excluding hydrogens is 484 g/mol. The highest BCUT2D eigenvalue weighted by atomic mass is 14.8. The number of hydrogen-bond donors (Lipinski definition) is 2. The van der Waals surface area contributed by atoms with Crippen LogP contribution in [0.5, 0.6) is 0 Å². The molecule has 5 rings (SSSR count). The molecule has 0 saturated carbocycles. The number of rotatable bonds is 5. The summed E-state index contributed by atoms with van der Waals surface area (Å²) in [5.41, 5.74) is 23.3. The normalized spacial score (nSPS) is 11.6. The van der Waals surface area contributed by atoms with Gasteiger partial charge in [-0.05, 0) is 138 Å². The number of aromatic nitrogens is 2. The molecule has 0 aliphatic carbocycles. The molecule has 206 valence electrons. The van der Waals surface area contributed by atoms with Crippen LogP contribution in [0.2, 0.25) is 0 Å². The lowest BCUT2D eigenvalue weighted by Crippen LogP contribution is -2.09. The summed E-state index contributed by atoms with van der Waals surface area (Å²) in [4.78, 5) is 7.89. The minimum atomic E-state index is 0.0672. The lowest BCUT2D eigenvalue weighted by Gasteiger charge is -2.21. The van der Waals surface area contributed by atoms with Crippen molar-refractivity contribution in [2.45, 2.75) is 82.1 Å². The van der Waals surface area contributed by atoms with Gasteiger partial charge >= 0.3 is 0 Å². The summed E-state index contributed by atoms with van der Waals surface area (Å²) >= 11 is 0. The van der Waals surface area contributed by atoms with E-state index in [1.807, 2.05) is 0 Å². The quantitative estimate of drug-likeness (QED) is 0.227. The number of nitrogens with one attached hydrogen (secondary N) is 2. The zero-order valence-electron chi connectivity index (χ0n) is 26.2. The molecule has 2 nitrogen and oxygen atoms in total. The van der Waals surface area contributed by atoms with Gasteiger partial charge in [0.2, 0.25) is 0 Å². The lowest BCUT2D eigenvalue weighted by atomic mass is 9.85. The Morgan fingerprint density at radius 1 is 0.375 bits per heavy atom. The number of aryl methyl sites for hydroxylation is 11. The number of H-pyrrole nitrogens is 2. The zero-order valence-corrected chi connectivity index (χ0v) is 26.2. The first kappa shape index (κ1) is 27.8. The Balaban J connectivity index is 1.75. The van der Waals surface area contributed by atoms with E-state index in [4.69, 9.17) is 0 Å². The molecule has 0 atom stereocenters. The molecule has 0 aliphatic rings. The van der Waals surface area contributed by atoms with Gasteiger partial charge in [-0.15, -0.1) is 0 Å². The van der Waals surface area contributed by atoms with Gasteiger partial charge in [0.15, 0.2) is 0 Å². The second-order valence-corrected chi connectivity index (χ2v) is 12.4. The standard InChI is InChI=1S/C38H44N2/c1-20-12-23(4)33(24(5)13-20)36(31-18-29(10)37(39-31)34-25(6)14-21(2)15-26(34)7)32-19-30(11)38(40-32)35-27(8)16-22(3)17-28(35)9/h12-19,36,39-40H,1-11H3. The van der Waals surface area contributed by atoms with E-state index in [-0.39, 0.29) is 5.92 Å². The SMILES string of the molecule is Cc1cc(C)c(-c2[nH]c(C(c3cc(C)c(-c4c(C)cc(C)cc4C)[nH]3)c3c(C)cc(C)cc3C)cc2C)c(C)c1. The van der Waals surface area contributed by atoms with E-state index in [9.17, 15) is 0 Å². The van der Waals surface area contributed by atoms with E-state index in [0.717, 1.165) is 0 Å². The fourth-order valence-electron chi connectivity index (χ4n) is 7.27. The molecule has 0 aliphatic heterocycles. The molecular formula is C38H44N2. The Morgan fingerprint density at radius 3 is 1.00 bits per heavy atom. The van der Waals surface area contributed by atoms with Crippen LogP contribution in [0.3, 0.4) is 0 Å². The van der Waals surface area contributed by atoms with Crippen LogP contribution >= 0.6 is 0 Å². The minimum Gasteiger partial charge on any atom is -0.357 e. The van der Waals surface area contributed by atoms with Crippen LogP contribution in [0.15, 0.2) is 48.5 Å². The van der Waals surface area contributed by atoms with Crippen molar-refractivity contribution in [2.75, 3.05) is 0 Å². The second kappa shape index (κ2) is 10.3. The number of aromatic amines is 2. The molecule has 40 heavy (non-hydrogen) atoms. The maximum atomic E-state index is 3.94. The first-order chi connectivity index (χ1) is 18.8. The van der Waals surface area contributed by atoms with Crippen molar-refractivity contribution in [3.05, 3.63) is 127 Å². The smallest absolute Gasteiger partial charge is 0.0647 e. The maximum absolute atomic E-state index is 3.94. The summed E-state index contributed by atoms with van der Waals surface area (Å²) in [7, 11) is 0. The summed E-state index contributed by atoms with van der Waals surface area (Å²) in [5, 5.41) is 0. The predicted octanol–water partition coefficient (Wildman–Crippen LogP) is 10.2. The maximum Gasteiger partial charge on any atom is 0.0647 e. The van der Waals surface area contributed by atoms with Crippen molar-refractivity contribution in [3.63, 3.8) is 0 Å². The topological polar surface area (TPSA) is 31.6 Å². The molecule has 0 fully saturated rings.